The third kappa shape index (κ3) is 2.56. The fraction of sp³-hybridized carbons (Fsp3) is 0. The molecule has 2 aromatic heterocycles. The number of carboxylic acids is 1. The van der Waals surface area contributed by atoms with Crippen molar-refractivity contribution in [2.75, 3.05) is 0 Å². The van der Waals surface area contributed by atoms with Crippen molar-refractivity contribution in [3.63, 3.8) is 0 Å². The summed E-state index contributed by atoms with van der Waals surface area (Å²) in [5, 5.41) is 23.3. The lowest BCUT2D eigenvalue weighted by Gasteiger charge is -1.98. The fourth-order valence-electron chi connectivity index (χ4n) is 1.22. The smallest absolute Gasteiger partial charge is 0.354 e. The van der Waals surface area contributed by atoms with Crippen molar-refractivity contribution in [1.29, 1.82) is 5.26 Å². The minimum atomic E-state index is -1.13. The highest BCUT2D eigenvalue weighted by atomic mass is 32.1. The van der Waals surface area contributed by atoms with Crippen LogP contribution in [0.2, 0.25) is 0 Å². The monoisotopic (exact) mass is 258 g/mol. The van der Waals surface area contributed by atoms with Crippen molar-refractivity contribution >= 4 is 29.7 Å². The summed E-state index contributed by atoms with van der Waals surface area (Å²) in [6.45, 7) is 0. The van der Waals surface area contributed by atoms with Crippen molar-refractivity contribution in [1.82, 2.24) is 14.6 Å². The van der Waals surface area contributed by atoms with E-state index in [4.69, 9.17) is 10.4 Å². The van der Waals surface area contributed by atoms with Crippen LogP contribution < -0.4 is 0 Å². The number of carbonyl (C=O) groups is 1. The number of rotatable bonds is 3. The van der Waals surface area contributed by atoms with Gasteiger partial charge in [0.25, 0.3) is 0 Å². The SMILES string of the molecule is N#Cc1ccc(C(=O)O)nc1C=Cc1csnn1. The number of aromatic nitrogens is 3. The molecule has 0 unspecified atom stereocenters. The largest absolute Gasteiger partial charge is 0.477 e. The first kappa shape index (κ1) is 11.9. The third-order valence-electron chi connectivity index (χ3n) is 2.05. The molecule has 6 nitrogen and oxygen atoms in total. The molecule has 0 atom stereocenters. The van der Waals surface area contributed by atoms with Crippen LogP contribution in [0.25, 0.3) is 12.2 Å². The summed E-state index contributed by atoms with van der Waals surface area (Å²) >= 11 is 1.20. The predicted molar refractivity (Wildman–Crippen MR) is 64.7 cm³/mol. The standard InChI is InChI=1S/C11H6N4O2S/c12-5-7-1-3-10(11(16)17)13-9(7)4-2-8-6-18-15-14-8/h1-4,6H,(H,16,17). The summed E-state index contributed by atoms with van der Waals surface area (Å²) in [6.07, 6.45) is 3.17. The van der Waals surface area contributed by atoms with Crippen LogP contribution in [0.15, 0.2) is 17.5 Å². The van der Waals surface area contributed by atoms with Crippen molar-refractivity contribution in [2.45, 2.75) is 0 Å². The molecular formula is C11H6N4O2S. The van der Waals surface area contributed by atoms with Gasteiger partial charge < -0.3 is 5.11 Å². The Morgan fingerprint density at radius 2 is 2.28 bits per heavy atom. The molecule has 0 aromatic carbocycles. The Morgan fingerprint density at radius 3 is 2.89 bits per heavy atom. The molecule has 0 aliphatic heterocycles. The summed E-state index contributed by atoms with van der Waals surface area (Å²) in [5.41, 5.74) is 1.13. The van der Waals surface area contributed by atoms with Gasteiger partial charge in [0.05, 0.1) is 17.0 Å². The Morgan fingerprint density at radius 1 is 1.44 bits per heavy atom. The minimum absolute atomic E-state index is 0.106. The van der Waals surface area contributed by atoms with Gasteiger partial charge in [-0.15, -0.1) is 5.10 Å². The summed E-state index contributed by atoms with van der Waals surface area (Å²) < 4.78 is 3.68. The molecule has 2 aromatic rings. The summed E-state index contributed by atoms with van der Waals surface area (Å²) in [6, 6.07) is 4.67. The van der Waals surface area contributed by atoms with E-state index in [9.17, 15) is 4.79 Å². The third-order valence-corrected chi connectivity index (χ3v) is 2.58. The Kier molecular flexibility index (Phi) is 3.41. The molecular weight excluding hydrogens is 252 g/mol. The maximum Gasteiger partial charge on any atom is 0.354 e. The van der Waals surface area contributed by atoms with Crippen LogP contribution in [0.1, 0.15) is 27.4 Å². The van der Waals surface area contributed by atoms with E-state index in [-0.39, 0.29) is 5.69 Å². The molecule has 0 saturated heterocycles. The van der Waals surface area contributed by atoms with Gasteiger partial charge in [-0.2, -0.15) is 5.26 Å². The first-order valence-electron chi connectivity index (χ1n) is 4.80. The van der Waals surface area contributed by atoms with Crippen LogP contribution in [0.3, 0.4) is 0 Å². The second-order valence-corrected chi connectivity index (χ2v) is 3.82. The van der Waals surface area contributed by atoms with Gasteiger partial charge in [0.1, 0.15) is 11.8 Å². The van der Waals surface area contributed by atoms with Crippen molar-refractivity contribution < 1.29 is 9.90 Å². The molecule has 0 aliphatic carbocycles. The van der Waals surface area contributed by atoms with E-state index in [1.165, 1.54) is 23.7 Å². The zero-order chi connectivity index (χ0) is 13.0. The molecule has 18 heavy (non-hydrogen) atoms. The number of carboxylic acid groups (broad SMARTS) is 1. The van der Waals surface area contributed by atoms with Crippen LogP contribution >= 0.6 is 11.5 Å². The number of nitriles is 1. The molecule has 0 fully saturated rings. The van der Waals surface area contributed by atoms with Gasteiger partial charge in [0, 0.05) is 5.38 Å². The van der Waals surface area contributed by atoms with E-state index < -0.39 is 5.97 Å². The van der Waals surface area contributed by atoms with Crippen LogP contribution in [-0.4, -0.2) is 25.6 Å². The van der Waals surface area contributed by atoms with Crippen LogP contribution in [0.5, 0.6) is 0 Å². The summed E-state index contributed by atoms with van der Waals surface area (Å²) in [5.74, 6) is -1.13. The van der Waals surface area contributed by atoms with E-state index in [1.54, 1.807) is 17.5 Å². The quantitative estimate of drug-likeness (QED) is 0.898. The maximum atomic E-state index is 10.8. The highest BCUT2D eigenvalue weighted by Crippen LogP contribution is 2.11. The first-order chi connectivity index (χ1) is 8.70. The van der Waals surface area contributed by atoms with Crippen LogP contribution in [0.4, 0.5) is 0 Å². The lowest BCUT2D eigenvalue weighted by molar-refractivity contribution is 0.0690. The molecule has 0 spiro atoms. The number of pyridine rings is 1. The minimum Gasteiger partial charge on any atom is -0.477 e. The first-order valence-corrected chi connectivity index (χ1v) is 5.64. The molecule has 7 heteroatoms. The molecule has 2 heterocycles. The normalized spacial score (nSPS) is 10.4. The second kappa shape index (κ2) is 5.16. The summed E-state index contributed by atoms with van der Waals surface area (Å²) in [7, 11) is 0. The molecule has 0 radical (unpaired) electrons. The molecule has 1 N–H and O–H groups in total. The molecule has 88 valence electrons. The number of hydrogen-bond donors (Lipinski definition) is 1. The lowest BCUT2D eigenvalue weighted by Crippen LogP contribution is -2.02. The van der Waals surface area contributed by atoms with Gasteiger partial charge in [0.2, 0.25) is 0 Å². The topological polar surface area (TPSA) is 99.8 Å². The molecule has 0 aliphatic rings. The fourth-order valence-corrected chi connectivity index (χ4v) is 1.65. The van der Waals surface area contributed by atoms with Gasteiger partial charge in [-0.05, 0) is 35.8 Å². The number of hydrogen-bond acceptors (Lipinski definition) is 6. The Hall–Kier alpha value is -2.59. The van der Waals surface area contributed by atoms with Gasteiger partial charge in [-0.1, -0.05) is 4.49 Å². The van der Waals surface area contributed by atoms with E-state index in [2.05, 4.69) is 14.6 Å². The van der Waals surface area contributed by atoms with Gasteiger partial charge in [-0.3, -0.25) is 0 Å². The van der Waals surface area contributed by atoms with Gasteiger partial charge in [0.15, 0.2) is 0 Å². The zero-order valence-electron chi connectivity index (χ0n) is 8.94. The zero-order valence-corrected chi connectivity index (χ0v) is 9.76. The Labute approximate surface area is 106 Å². The lowest BCUT2D eigenvalue weighted by atomic mass is 10.1. The highest BCUT2D eigenvalue weighted by Gasteiger charge is 2.08. The molecule has 0 amide bonds. The average Bonchev–Trinajstić information content (AvgIpc) is 2.89. The van der Waals surface area contributed by atoms with Gasteiger partial charge in [-0.25, -0.2) is 9.78 Å². The van der Waals surface area contributed by atoms with E-state index >= 15 is 0 Å². The highest BCUT2D eigenvalue weighted by molar-refractivity contribution is 7.03. The van der Waals surface area contributed by atoms with Crippen molar-refractivity contribution in [2.24, 2.45) is 0 Å². The van der Waals surface area contributed by atoms with E-state index in [0.29, 0.717) is 17.0 Å². The van der Waals surface area contributed by atoms with Crippen molar-refractivity contribution in [3.8, 4) is 6.07 Å². The van der Waals surface area contributed by atoms with E-state index in [0.717, 1.165) is 0 Å². The Balaban J connectivity index is 2.39. The molecule has 2 rings (SSSR count). The average molecular weight is 258 g/mol. The predicted octanol–water partition coefficient (Wildman–Crippen LogP) is 1.67. The second-order valence-electron chi connectivity index (χ2n) is 3.21. The van der Waals surface area contributed by atoms with Gasteiger partial charge >= 0.3 is 5.97 Å². The number of aromatic carboxylic acids is 1. The van der Waals surface area contributed by atoms with Crippen LogP contribution in [-0.2, 0) is 0 Å². The Bertz CT molecular complexity index is 644. The molecule has 0 bridgehead atoms. The molecule has 0 saturated carbocycles. The van der Waals surface area contributed by atoms with Crippen LogP contribution in [0, 0.1) is 11.3 Å². The summed E-state index contributed by atoms with van der Waals surface area (Å²) in [4.78, 5) is 14.7. The van der Waals surface area contributed by atoms with E-state index in [1.807, 2.05) is 6.07 Å². The van der Waals surface area contributed by atoms with Crippen molar-refractivity contribution in [3.05, 3.63) is 40.2 Å². The maximum absolute atomic E-state index is 10.8. The number of nitrogens with zero attached hydrogens (tertiary/aromatic N) is 4.